The van der Waals surface area contributed by atoms with Crippen LogP contribution in [-0.2, 0) is 10.0 Å². The molecule has 0 aliphatic carbocycles. The first-order chi connectivity index (χ1) is 9.31. The van der Waals surface area contributed by atoms with Gasteiger partial charge in [-0.25, -0.2) is 8.42 Å². The summed E-state index contributed by atoms with van der Waals surface area (Å²) in [6, 6.07) is 10.9. The molecule has 0 spiro atoms. The summed E-state index contributed by atoms with van der Waals surface area (Å²) in [6.45, 7) is 7.63. The van der Waals surface area contributed by atoms with E-state index in [9.17, 15) is 8.42 Å². The number of rotatable bonds is 3. The predicted octanol–water partition coefficient (Wildman–Crippen LogP) is 3.72. The molecule has 0 saturated carbocycles. The van der Waals surface area contributed by atoms with Crippen LogP contribution in [0.5, 0.6) is 0 Å². The summed E-state index contributed by atoms with van der Waals surface area (Å²) in [4.78, 5) is 0.323. The molecule has 0 heterocycles. The third kappa shape index (κ3) is 2.85. The van der Waals surface area contributed by atoms with Crippen molar-refractivity contribution in [2.24, 2.45) is 0 Å². The summed E-state index contributed by atoms with van der Waals surface area (Å²) >= 11 is 0. The molecule has 0 unspecified atom stereocenters. The van der Waals surface area contributed by atoms with E-state index in [1.54, 1.807) is 12.1 Å². The van der Waals surface area contributed by atoms with E-state index in [0.29, 0.717) is 10.6 Å². The summed E-state index contributed by atoms with van der Waals surface area (Å²) in [5.74, 6) is 0. The second-order valence-electron chi connectivity index (χ2n) is 5.12. The highest BCUT2D eigenvalue weighted by Crippen LogP contribution is 2.23. The zero-order valence-electron chi connectivity index (χ0n) is 12.2. The van der Waals surface area contributed by atoms with Crippen LogP contribution in [0, 0.1) is 27.7 Å². The van der Waals surface area contributed by atoms with Crippen molar-refractivity contribution >= 4 is 15.7 Å². The fraction of sp³-hybridized carbons (Fsp3) is 0.250. The second-order valence-corrected chi connectivity index (χ2v) is 6.77. The van der Waals surface area contributed by atoms with Crippen molar-refractivity contribution in [2.75, 3.05) is 4.72 Å². The van der Waals surface area contributed by atoms with E-state index >= 15 is 0 Å². The van der Waals surface area contributed by atoms with Gasteiger partial charge in [0.15, 0.2) is 0 Å². The normalized spacial score (nSPS) is 11.4. The van der Waals surface area contributed by atoms with E-state index in [1.807, 2.05) is 52.0 Å². The Morgan fingerprint density at radius 3 is 2.25 bits per heavy atom. The fourth-order valence-corrected chi connectivity index (χ4v) is 3.51. The molecule has 4 heteroatoms. The Morgan fingerprint density at radius 1 is 0.900 bits per heavy atom. The molecule has 106 valence electrons. The summed E-state index contributed by atoms with van der Waals surface area (Å²) in [6.07, 6.45) is 0. The first-order valence-electron chi connectivity index (χ1n) is 6.47. The van der Waals surface area contributed by atoms with E-state index < -0.39 is 10.0 Å². The van der Waals surface area contributed by atoms with Crippen molar-refractivity contribution < 1.29 is 8.42 Å². The van der Waals surface area contributed by atoms with E-state index in [-0.39, 0.29) is 0 Å². The average molecular weight is 289 g/mol. The molecule has 0 bridgehead atoms. The van der Waals surface area contributed by atoms with Gasteiger partial charge in [-0.2, -0.15) is 0 Å². The smallest absolute Gasteiger partial charge is 0.262 e. The number of aryl methyl sites for hydroxylation is 3. The minimum atomic E-state index is -3.55. The van der Waals surface area contributed by atoms with E-state index in [0.717, 1.165) is 22.3 Å². The lowest BCUT2D eigenvalue weighted by Crippen LogP contribution is -2.15. The van der Waals surface area contributed by atoms with Crippen molar-refractivity contribution in [3.8, 4) is 0 Å². The van der Waals surface area contributed by atoms with Gasteiger partial charge in [-0.1, -0.05) is 29.8 Å². The van der Waals surface area contributed by atoms with Crippen LogP contribution in [0.2, 0.25) is 0 Å². The highest BCUT2D eigenvalue weighted by atomic mass is 32.2. The molecule has 2 rings (SSSR count). The van der Waals surface area contributed by atoms with Crippen LogP contribution >= 0.6 is 0 Å². The molecule has 20 heavy (non-hydrogen) atoms. The molecule has 0 saturated heterocycles. The molecule has 1 N–H and O–H groups in total. The van der Waals surface area contributed by atoms with E-state index in [1.165, 1.54) is 0 Å². The molecular formula is C16H19NO2S. The minimum Gasteiger partial charge on any atom is -0.279 e. The Labute approximate surface area is 120 Å². The van der Waals surface area contributed by atoms with Crippen LogP contribution in [-0.4, -0.2) is 8.42 Å². The molecule has 0 radical (unpaired) electrons. The zero-order chi connectivity index (χ0) is 14.9. The van der Waals surface area contributed by atoms with Crippen LogP contribution in [0.3, 0.4) is 0 Å². The molecule has 0 atom stereocenters. The lowest BCUT2D eigenvalue weighted by atomic mass is 10.1. The first kappa shape index (κ1) is 14.6. The van der Waals surface area contributed by atoms with Gasteiger partial charge in [0, 0.05) is 0 Å². The Morgan fingerprint density at radius 2 is 1.60 bits per heavy atom. The second kappa shape index (κ2) is 5.29. The molecule has 0 aromatic heterocycles. The van der Waals surface area contributed by atoms with Crippen molar-refractivity contribution in [1.82, 2.24) is 0 Å². The van der Waals surface area contributed by atoms with Gasteiger partial charge >= 0.3 is 0 Å². The summed E-state index contributed by atoms with van der Waals surface area (Å²) in [5, 5.41) is 0. The maximum absolute atomic E-state index is 12.5. The molecule has 2 aromatic carbocycles. The van der Waals surface area contributed by atoms with Gasteiger partial charge in [0.2, 0.25) is 0 Å². The zero-order valence-corrected chi connectivity index (χ0v) is 13.0. The highest BCUT2D eigenvalue weighted by molar-refractivity contribution is 7.92. The molecular weight excluding hydrogens is 270 g/mol. The van der Waals surface area contributed by atoms with Crippen molar-refractivity contribution in [3.63, 3.8) is 0 Å². The minimum absolute atomic E-state index is 0.323. The van der Waals surface area contributed by atoms with Crippen molar-refractivity contribution in [3.05, 3.63) is 58.7 Å². The molecule has 2 aromatic rings. The number of sulfonamides is 1. The standard InChI is InChI=1S/C16H19NO2S/c1-11-8-9-16(13(3)10-11)20(18,19)17-15-7-5-6-12(2)14(15)4/h5-10,17H,1-4H3. The Balaban J connectivity index is 2.44. The third-order valence-electron chi connectivity index (χ3n) is 3.47. The number of hydrogen-bond acceptors (Lipinski definition) is 2. The van der Waals surface area contributed by atoms with Crippen molar-refractivity contribution in [2.45, 2.75) is 32.6 Å². The van der Waals surface area contributed by atoms with Gasteiger partial charge < -0.3 is 0 Å². The van der Waals surface area contributed by atoms with Gasteiger partial charge in [-0.3, -0.25) is 4.72 Å². The lowest BCUT2D eigenvalue weighted by molar-refractivity contribution is 0.600. The molecule has 0 amide bonds. The fourth-order valence-electron chi connectivity index (χ4n) is 2.16. The van der Waals surface area contributed by atoms with Gasteiger partial charge in [0.05, 0.1) is 10.6 Å². The number of nitrogens with one attached hydrogen (secondary N) is 1. The third-order valence-corrected chi connectivity index (χ3v) is 4.99. The molecule has 0 fully saturated rings. The maximum Gasteiger partial charge on any atom is 0.262 e. The Kier molecular flexibility index (Phi) is 3.86. The SMILES string of the molecule is Cc1ccc(S(=O)(=O)Nc2cccc(C)c2C)c(C)c1. The van der Waals surface area contributed by atoms with E-state index in [2.05, 4.69) is 4.72 Å². The molecule has 0 aliphatic rings. The lowest BCUT2D eigenvalue weighted by Gasteiger charge is -2.13. The van der Waals surface area contributed by atoms with Gasteiger partial charge in [-0.15, -0.1) is 0 Å². The molecule has 0 aliphatic heterocycles. The molecule has 3 nitrogen and oxygen atoms in total. The van der Waals surface area contributed by atoms with Gasteiger partial charge in [-0.05, 0) is 56.5 Å². The first-order valence-corrected chi connectivity index (χ1v) is 7.96. The van der Waals surface area contributed by atoms with Gasteiger partial charge in [0.1, 0.15) is 0 Å². The van der Waals surface area contributed by atoms with Crippen LogP contribution in [0.1, 0.15) is 22.3 Å². The van der Waals surface area contributed by atoms with Crippen LogP contribution in [0.15, 0.2) is 41.3 Å². The van der Waals surface area contributed by atoms with Crippen molar-refractivity contribution in [1.29, 1.82) is 0 Å². The van der Waals surface area contributed by atoms with Gasteiger partial charge in [0.25, 0.3) is 10.0 Å². The van der Waals surface area contributed by atoms with Crippen LogP contribution in [0.4, 0.5) is 5.69 Å². The maximum atomic E-state index is 12.5. The van der Waals surface area contributed by atoms with Crippen LogP contribution in [0.25, 0.3) is 0 Å². The van der Waals surface area contributed by atoms with Crippen LogP contribution < -0.4 is 4.72 Å². The highest BCUT2D eigenvalue weighted by Gasteiger charge is 2.17. The number of anilines is 1. The Hall–Kier alpha value is -1.81. The number of benzene rings is 2. The summed E-state index contributed by atoms with van der Waals surface area (Å²) in [5.41, 5.74) is 4.44. The summed E-state index contributed by atoms with van der Waals surface area (Å²) in [7, 11) is -3.55. The average Bonchev–Trinajstić information content (AvgIpc) is 2.34. The predicted molar refractivity (Wildman–Crippen MR) is 82.6 cm³/mol. The van der Waals surface area contributed by atoms with E-state index in [4.69, 9.17) is 0 Å². The number of hydrogen-bond donors (Lipinski definition) is 1. The topological polar surface area (TPSA) is 46.2 Å². The Bertz CT molecular complexity index is 749. The quantitative estimate of drug-likeness (QED) is 0.936. The monoisotopic (exact) mass is 289 g/mol. The summed E-state index contributed by atoms with van der Waals surface area (Å²) < 4.78 is 27.6. The largest absolute Gasteiger partial charge is 0.279 e.